The molecule has 11 heteroatoms. The van der Waals surface area contributed by atoms with Crippen LogP contribution in [0.3, 0.4) is 0 Å². The second kappa shape index (κ2) is 7.80. The van der Waals surface area contributed by atoms with Crippen LogP contribution in [0.25, 0.3) is 21.9 Å². The number of anilines is 2. The first-order chi connectivity index (χ1) is 16.8. The SMILES string of the molecule is Nc1nc2cc(C[C@@H]3CC[C@@]4(O)[C@@H]3O[C@@H](n3ccc5c(N)ncnc53)[C@@H]4O)ccc2cc1C(F)F. The van der Waals surface area contributed by atoms with Gasteiger partial charge < -0.3 is 31.0 Å². The van der Waals surface area contributed by atoms with Crippen molar-refractivity contribution >= 4 is 33.6 Å². The summed E-state index contributed by atoms with van der Waals surface area (Å²) in [6, 6.07) is 8.53. The maximum Gasteiger partial charge on any atom is 0.267 e. The number of nitrogens with zero attached hydrogens (tertiary/aromatic N) is 4. The number of pyridine rings is 1. The van der Waals surface area contributed by atoms with Crippen LogP contribution >= 0.6 is 0 Å². The molecule has 9 nitrogen and oxygen atoms in total. The molecule has 5 atom stereocenters. The molecule has 2 fully saturated rings. The molecule has 1 aliphatic heterocycles. The molecule has 1 aliphatic carbocycles. The number of fused-ring (bicyclic) bond motifs is 3. The number of ether oxygens (including phenoxy) is 1. The minimum Gasteiger partial charge on any atom is -0.385 e. The number of aliphatic hydroxyl groups is 2. The Hall–Kier alpha value is -3.41. The van der Waals surface area contributed by atoms with E-state index in [1.165, 1.54) is 12.4 Å². The normalized spacial score (nSPS) is 28.4. The lowest BCUT2D eigenvalue weighted by molar-refractivity contribution is -0.0675. The van der Waals surface area contributed by atoms with Gasteiger partial charge in [-0.1, -0.05) is 12.1 Å². The summed E-state index contributed by atoms with van der Waals surface area (Å²) in [7, 11) is 0. The third kappa shape index (κ3) is 3.33. The average Bonchev–Trinajstić information content (AvgIpc) is 3.46. The Labute approximate surface area is 198 Å². The Morgan fingerprint density at radius 3 is 2.80 bits per heavy atom. The van der Waals surface area contributed by atoms with Crippen molar-refractivity contribution in [1.82, 2.24) is 19.5 Å². The van der Waals surface area contributed by atoms with Crippen molar-refractivity contribution in [2.75, 3.05) is 11.5 Å². The zero-order chi connectivity index (χ0) is 24.5. The van der Waals surface area contributed by atoms with Gasteiger partial charge in [-0.3, -0.25) is 0 Å². The van der Waals surface area contributed by atoms with Gasteiger partial charge in [0.2, 0.25) is 0 Å². The minimum absolute atomic E-state index is 0.0729. The molecule has 4 aromatic rings. The molecule has 0 bridgehead atoms. The topological polar surface area (TPSA) is 145 Å². The zero-order valence-electron chi connectivity index (χ0n) is 18.6. The number of hydrogen-bond acceptors (Lipinski definition) is 8. The first-order valence-electron chi connectivity index (χ1n) is 11.4. The van der Waals surface area contributed by atoms with E-state index < -0.39 is 30.5 Å². The van der Waals surface area contributed by atoms with Gasteiger partial charge in [-0.2, -0.15) is 0 Å². The van der Waals surface area contributed by atoms with Crippen LogP contribution in [-0.2, 0) is 11.2 Å². The summed E-state index contributed by atoms with van der Waals surface area (Å²) in [6.45, 7) is 0. The lowest BCUT2D eigenvalue weighted by Gasteiger charge is -2.26. The van der Waals surface area contributed by atoms with E-state index in [0.717, 1.165) is 5.56 Å². The number of aliphatic hydroxyl groups excluding tert-OH is 1. The van der Waals surface area contributed by atoms with Crippen LogP contribution in [-0.4, -0.2) is 47.5 Å². The highest BCUT2D eigenvalue weighted by molar-refractivity contribution is 5.86. The summed E-state index contributed by atoms with van der Waals surface area (Å²) in [6.07, 6.45) is -0.620. The number of alkyl halides is 2. The number of aromatic nitrogens is 4. The number of halogens is 2. The molecule has 35 heavy (non-hydrogen) atoms. The molecule has 1 aromatic carbocycles. The summed E-state index contributed by atoms with van der Waals surface area (Å²) >= 11 is 0. The van der Waals surface area contributed by atoms with Crippen LogP contribution in [0.2, 0.25) is 0 Å². The van der Waals surface area contributed by atoms with Crippen LogP contribution in [0.1, 0.15) is 36.6 Å². The molecule has 4 heterocycles. The molecule has 6 N–H and O–H groups in total. The quantitative estimate of drug-likeness (QED) is 0.347. The van der Waals surface area contributed by atoms with Gasteiger partial charge >= 0.3 is 0 Å². The lowest BCUT2D eigenvalue weighted by atomic mass is 9.90. The maximum atomic E-state index is 13.1. The van der Waals surface area contributed by atoms with Crippen LogP contribution in [0, 0.1) is 5.92 Å². The van der Waals surface area contributed by atoms with Crippen LogP contribution in [0.5, 0.6) is 0 Å². The van der Waals surface area contributed by atoms with Crippen molar-refractivity contribution in [1.29, 1.82) is 0 Å². The van der Waals surface area contributed by atoms with E-state index in [0.29, 0.717) is 47.0 Å². The van der Waals surface area contributed by atoms with Gasteiger partial charge in [0.05, 0.1) is 22.6 Å². The van der Waals surface area contributed by atoms with Crippen molar-refractivity contribution in [2.45, 2.75) is 49.7 Å². The van der Waals surface area contributed by atoms with E-state index in [4.69, 9.17) is 16.2 Å². The number of nitrogen functional groups attached to an aromatic ring is 2. The highest BCUT2D eigenvalue weighted by Crippen LogP contribution is 2.50. The molecule has 2 aliphatic rings. The third-order valence-corrected chi connectivity index (χ3v) is 7.39. The Morgan fingerprint density at radius 1 is 1.17 bits per heavy atom. The van der Waals surface area contributed by atoms with Gasteiger partial charge in [-0.25, -0.2) is 23.7 Å². The Bertz CT molecular complexity index is 1450. The number of nitrogens with two attached hydrogens (primary N) is 2. The fourth-order valence-electron chi connectivity index (χ4n) is 5.61. The van der Waals surface area contributed by atoms with Crippen LogP contribution in [0.4, 0.5) is 20.4 Å². The van der Waals surface area contributed by atoms with Gasteiger partial charge in [0.25, 0.3) is 6.43 Å². The van der Waals surface area contributed by atoms with Crippen LogP contribution < -0.4 is 11.5 Å². The Morgan fingerprint density at radius 2 is 2.00 bits per heavy atom. The summed E-state index contributed by atoms with van der Waals surface area (Å²) in [5.74, 6) is 0.0638. The molecular weight excluding hydrogens is 458 g/mol. The van der Waals surface area contributed by atoms with Crippen molar-refractivity contribution in [2.24, 2.45) is 5.92 Å². The van der Waals surface area contributed by atoms with E-state index >= 15 is 0 Å². The fourth-order valence-corrected chi connectivity index (χ4v) is 5.61. The third-order valence-electron chi connectivity index (χ3n) is 7.39. The molecule has 0 amide bonds. The molecular formula is C24H24F2N6O3. The van der Waals surface area contributed by atoms with Crippen molar-refractivity contribution < 1.29 is 23.7 Å². The molecule has 3 aromatic heterocycles. The van der Waals surface area contributed by atoms with E-state index in [-0.39, 0.29) is 17.3 Å². The standard InChI is InChI=1S/C24H24F2N6O3/c25-19(26)15-9-12-2-1-11(8-16(12)31-21(15)28)7-13-3-5-24(34)17(33)23(35-18(13)24)32-6-4-14-20(27)29-10-30-22(14)32/h1-2,4,6,8-10,13,17-19,23,33-34H,3,5,7H2,(H2,28,31)(H2,27,29,30)/t13-,17-,18+,23+,24-/m0/s1. The maximum absolute atomic E-state index is 13.1. The van der Waals surface area contributed by atoms with Gasteiger partial charge in [0.1, 0.15) is 35.3 Å². The predicted octanol–water partition coefficient (Wildman–Crippen LogP) is 2.72. The predicted molar refractivity (Wildman–Crippen MR) is 124 cm³/mol. The molecule has 0 unspecified atom stereocenters. The van der Waals surface area contributed by atoms with E-state index in [1.807, 2.05) is 12.1 Å². The molecule has 1 saturated heterocycles. The summed E-state index contributed by atoms with van der Waals surface area (Å²) in [4.78, 5) is 12.4. The van der Waals surface area contributed by atoms with Crippen molar-refractivity contribution in [3.05, 3.63) is 54.0 Å². The highest BCUT2D eigenvalue weighted by atomic mass is 19.3. The van der Waals surface area contributed by atoms with Crippen molar-refractivity contribution in [3.63, 3.8) is 0 Å². The van der Waals surface area contributed by atoms with Gasteiger partial charge in [-0.05, 0) is 48.9 Å². The number of hydrogen-bond donors (Lipinski definition) is 4. The number of rotatable bonds is 4. The first kappa shape index (κ1) is 22.1. The average molecular weight is 482 g/mol. The largest absolute Gasteiger partial charge is 0.385 e. The number of benzene rings is 1. The minimum atomic E-state index is -2.69. The van der Waals surface area contributed by atoms with Crippen molar-refractivity contribution in [3.8, 4) is 0 Å². The molecule has 1 saturated carbocycles. The Kier molecular flexibility index (Phi) is 4.92. The molecule has 0 radical (unpaired) electrons. The summed E-state index contributed by atoms with van der Waals surface area (Å²) < 4.78 is 34.2. The highest BCUT2D eigenvalue weighted by Gasteiger charge is 2.61. The smallest absolute Gasteiger partial charge is 0.267 e. The van der Waals surface area contributed by atoms with Gasteiger partial charge in [0, 0.05) is 11.6 Å². The van der Waals surface area contributed by atoms with Gasteiger partial charge in [-0.15, -0.1) is 0 Å². The van der Waals surface area contributed by atoms with E-state index in [9.17, 15) is 19.0 Å². The fraction of sp³-hybridized carbons (Fsp3) is 0.375. The molecule has 6 rings (SSSR count). The van der Waals surface area contributed by atoms with E-state index in [2.05, 4.69) is 15.0 Å². The molecule has 0 spiro atoms. The molecule has 182 valence electrons. The first-order valence-corrected chi connectivity index (χ1v) is 11.4. The summed E-state index contributed by atoms with van der Waals surface area (Å²) in [5, 5.41) is 23.7. The second-order valence-electron chi connectivity index (χ2n) is 9.40. The monoisotopic (exact) mass is 482 g/mol. The van der Waals surface area contributed by atoms with Gasteiger partial charge in [0.15, 0.2) is 6.23 Å². The second-order valence-corrected chi connectivity index (χ2v) is 9.40. The van der Waals surface area contributed by atoms with E-state index in [1.54, 1.807) is 22.9 Å². The zero-order valence-corrected chi connectivity index (χ0v) is 18.6. The Balaban J connectivity index is 1.28. The summed E-state index contributed by atoms with van der Waals surface area (Å²) in [5.41, 5.74) is 11.9. The lowest BCUT2D eigenvalue weighted by Crippen LogP contribution is -2.45. The van der Waals surface area contributed by atoms with Crippen LogP contribution in [0.15, 0.2) is 42.9 Å².